The van der Waals surface area contributed by atoms with Crippen molar-refractivity contribution in [3.8, 4) is 0 Å². The third kappa shape index (κ3) is 4.66. The topological polar surface area (TPSA) is 46.3 Å². The summed E-state index contributed by atoms with van der Waals surface area (Å²) < 4.78 is 0. The summed E-state index contributed by atoms with van der Waals surface area (Å²) in [6, 6.07) is 0.169. The minimum Gasteiger partial charge on any atom is -0.341 e. The second-order valence-corrected chi connectivity index (χ2v) is 6.28. The molecule has 3 nitrogen and oxygen atoms in total. The molecule has 2 atom stereocenters. The normalized spacial score (nSPS) is 25.7. The van der Waals surface area contributed by atoms with Crippen LogP contribution in [0, 0.1) is 17.8 Å². The fraction of sp³-hybridized carbons (Fsp3) is 0.929. The minimum atomic E-state index is 0.169. The molecule has 1 fully saturated rings. The molecule has 1 heterocycles. The SMILES string of the molecule is CC(C)CC(=O)N1CCC(CC(C)C)C(N)C1. The standard InChI is InChI=1S/C14H28N2O/c1-10(2)7-12-5-6-16(9-13(12)15)14(17)8-11(3)4/h10-13H,5-9,15H2,1-4H3. The smallest absolute Gasteiger partial charge is 0.222 e. The Bertz CT molecular complexity index is 251. The second kappa shape index (κ2) is 6.39. The van der Waals surface area contributed by atoms with Crippen LogP contribution in [-0.4, -0.2) is 29.9 Å². The fourth-order valence-electron chi connectivity index (χ4n) is 2.63. The van der Waals surface area contributed by atoms with Crippen molar-refractivity contribution in [2.45, 2.75) is 53.0 Å². The van der Waals surface area contributed by atoms with Crippen molar-refractivity contribution in [2.75, 3.05) is 13.1 Å². The van der Waals surface area contributed by atoms with Gasteiger partial charge in [0.15, 0.2) is 0 Å². The van der Waals surface area contributed by atoms with Crippen LogP contribution in [0.3, 0.4) is 0 Å². The lowest BCUT2D eigenvalue weighted by atomic mass is 9.85. The summed E-state index contributed by atoms with van der Waals surface area (Å²) in [6.07, 6.45) is 2.91. The highest BCUT2D eigenvalue weighted by atomic mass is 16.2. The van der Waals surface area contributed by atoms with E-state index in [0.717, 1.165) is 19.5 Å². The van der Waals surface area contributed by atoms with Gasteiger partial charge in [0.25, 0.3) is 0 Å². The Morgan fingerprint density at radius 1 is 1.29 bits per heavy atom. The van der Waals surface area contributed by atoms with Crippen molar-refractivity contribution in [2.24, 2.45) is 23.5 Å². The van der Waals surface area contributed by atoms with E-state index in [-0.39, 0.29) is 11.9 Å². The molecule has 2 N–H and O–H groups in total. The molecule has 0 saturated carbocycles. The number of amides is 1. The molecule has 0 aromatic rings. The van der Waals surface area contributed by atoms with Gasteiger partial charge in [0.1, 0.15) is 0 Å². The minimum absolute atomic E-state index is 0.169. The summed E-state index contributed by atoms with van der Waals surface area (Å²) in [7, 11) is 0. The van der Waals surface area contributed by atoms with Crippen LogP contribution in [-0.2, 0) is 4.79 Å². The monoisotopic (exact) mass is 240 g/mol. The molecule has 1 aliphatic heterocycles. The molecule has 1 aliphatic rings. The van der Waals surface area contributed by atoms with Crippen molar-refractivity contribution in [1.29, 1.82) is 0 Å². The van der Waals surface area contributed by atoms with E-state index in [2.05, 4.69) is 27.7 Å². The van der Waals surface area contributed by atoms with Gasteiger partial charge in [-0.05, 0) is 30.6 Å². The van der Waals surface area contributed by atoms with E-state index in [1.807, 2.05) is 4.90 Å². The first-order valence-electron chi connectivity index (χ1n) is 6.93. The third-order valence-corrected chi connectivity index (χ3v) is 3.52. The number of hydrogen-bond donors (Lipinski definition) is 1. The highest BCUT2D eigenvalue weighted by Crippen LogP contribution is 2.24. The molecule has 100 valence electrons. The Morgan fingerprint density at radius 2 is 1.94 bits per heavy atom. The number of rotatable bonds is 4. The lowest BCUT2D eigenvalue weighted by molar-refractivity contribution is -0.133. The van der Waals surface area contributed by atoms with Gasteiger partial charge in [-0.1, -0.05) is 27.7 Å². The molecule has 1 rings (SSSR count). The van der Waals surface area contributed by atoms with E-state index in [4.69, 9.17) is 5.73 Å². The van der Waals surface area contributed by atoms with Gasteiger partial charge in [-0.2, -0.15) is 0 Å². The number of likely N-dealkylation sites (tertiary alicyclic amines) is 1. The van der Waals surface area contributed by atoms with Crippen LogP contribution in [0.5, 0.6) is 0 Å². The maximum Gasteiger partial charge on any atom is 0.222 e. The predicted octanol–water partition coefficient (Wildman–Crippen LogP) is 2.25. The molecule has 0 spiro atoms. The van der Waals surface area contributed by atoms with Crippen LogP contribution in [0.2, 0.25) is 0 Å². The zero-order valence-corrected chi connectivity index (χ0v) is 11.8. The van der Waals surface area contributed by atoms with E-state index in [1.54, 1.807) is 0 Å². The number of carbonyl (C=O) groups excluding carboxylic acids is 1. The van der Waals surface area contributed by atoms with Crippen LogP contribution in [0.15, 0.2) is 0 Å². The van der Waals surface area contributed by atoms with Crippen molar-refractivity contribution in [3.63, 3.8) is 0 Å². The zero-order chi connectivity index (χ0) is 13.0. The third-order valence-electron chi connectivity index (χ3n) is 3.52. The Kier molecular flexibility index (Phi) is 5.44. The van der Waals surface area contributed by atoms with E-state index in [1.165, 1.54) is 6.42 Å². The predicted molar refractivity (Wildman–Crippen MR) is 71.6 cm³/mol. The average Bonchev–Trinajstić information content (AvgIpc) is 2.19. The maximum atomic E-state index is 12.0. The van der Waals surface area contributed by atoms with E-state index >= 15 is 0 Å². The lowest BCUT2D eigenvalue weighted by Crippen LogP contribution is -2.51. The van der Waals surface area contributed by atoms with Gasteiger partial charge >= 0.3 is 0 Å². The highest BCUT2D eigenvalue weighted by Gasteiger charge is 2.29. The molecule has 1 amide bonds. The summed E-state index contributed by atoms with van der Waals surface area (Å²) >= 11 is 0. The second-order valence-electron chi connectivity index (χ2n) is 6.28. The molecular formula is C14H28N2O. The molecule has 3 heteroatoms. The van der Waals surface area contributed by atoms with Crippen LogP contribution >= 0.6 is 0 Å². The van der Waals surface area contributed by atoms with Gasteiger partial charge in [-0.15, -0.1) is 0 Å². The zero-order valence-electron chi connectivity index (χ0n) is 11.8. The number of piperidine rings is 1. The number of nitrogens with two attached hydrogens (primary N) is 1. The molecule has 1 saturated heterocycles. The number of hydrogen-bond acceptors (Lipinski definition) is 2. The quantitative estimate of drug-likeness (QED) is 0.819. The maximum absolute atomic E-state index is 12.0. The Morgan fingerprint density at radius 3 is 2.41 bits per heavy atom. The summed E-state index contributed by atoms with van der Waals surface area (Å²) in [5.74, 6) is 2.01. The summed E-state index contributed by atoms with van der Waals surface area (Å²) in [4.78, 5) is 13.9. The van der Waals surface area contributed by atoms with Crippen molar-refractivity contribution in [1.82, 2.24) is 4.90 Å². The molecule has 17 heavy (non-hydrogen) atoms. The van der Waals surface area contributed by atoms with E-state index in [9.17, 15) is 4.79 Å². The first-order chi connectivity index (χ1) is 7.90. The summed E-state index contributed by atoms with van der Waals surface area (Å²) in [6.45, 7) is 10.3. The Labute approximate surface area is 106 Å². The van der Waals surface area contributed by atoms with Crippen LogP contribution in [0.25, 0.3) is 0 Å². The highest BCUT2D eigenvalue weighted by molar-refractivity contribution is 5.76. The largest absolute Gasteiger partial charge is 0.341 e. The van der Waals surface area contributed by atoms with Gasteiger partial charge in [0, 0.05) is 25.6 Å². The summed E-state index contributed by atoms with van der Waals surface area (Å²) in [5, 5.41) is 0. The van der Waals surface area contributed by atoms with Gasteiger partial charge in [0.2, 0.25) is 5.91 Å². The first kappa shape index (κ1) is 14.5. The Balaban J connectivity index is 2.43. The van der Waals surface area contributed by atoms with Gasteiger partial charge in [-0.3, -0.25) is 4.79 Å². The molecule has 0 aromatic heterocycles. The number of carbonyl (C=O) groups is 1. The van der Waals surface area contributed by atoms with Gasteiger partial charge in [0.05, 0.1) is 0 Å². The van der Waals surface area contributed by atoms with E-state index in [0.29, 0.717) is 24.2 Å². The molecule has 0 aliphatic carbocycles. The fourth-order valence-corrected chi connectivity index (χ4v) is 2.63. The van der Waals surface area contributed by atoms with Crippen molar-refractivity contribution < 1.29 is 4.79 Å². The van der Waals surface area contributed by atoms with Crippen LogP contribution < -0.4 is 5.73 Å². The Hall–Kier alpha value is -0.570. The van der Waals surface area contributed by atoms with Gasteiger partial charge in [-0.25, -0.2) is 0 Å². The first-order valence-corrected chi connectivity index (χ1v) is 6.93. The van der Waals surface area contributed by atoms with E-state index < -0.39 is 0 Å². The van der Waals surface area contributed by atoms with Crippen molar-refractivity contribution >= 4 is 5.91 Å². The number of nitrogens with zero attached hydrogens (tertiary/aromatic N) is 1. The average molecular weight is 240 g/mol. The van der Waals surface area contributed by atoms with Gasteiger partial charge < -0.3 is 10.6 Å². The van der Waals surface area contributed by atoms with Crippen molar-refractivity contribution in [3.05, 3.63) is 0 Å². The summed E-state index contributed by atoms with van der Waals surface area (Å²) in [5.41, 5.74) is 6.19. The molecule has 0 bridgehead atoms. The molecule has 0 aromatic carbocycles. The molecule has 2 unspecified atom stereocenters. The molecular weight excluding hydrogens is 212 g/mol. The van der Waals surface area contributed by atoms with Crippen LogP contribution in [0.1, 0.15) is 47.0 Å². The van der Waals surface area contributed by atoms with Crippen LogP contribution in [0.4, 0.5) is 0 Å². The lowest BCUT2D eigenvalue weighted by Gasteiger charge is -2.37. The molecule has 0 radical (unpaired) electrons.